The molecule has 0 saturated carbocycles. The van der Waals surface area contributed by atoms with Crippen molar-refractivity contribution < 1.29 is 14.0 Å². The average Bonchev–Trinajstić information content (AvgIpc) is 3.27. The molecule has 218 valence electrons. The standard InChI is InChI=1S/C33H34ClFN4O2S/c1-20-8-6-11-26(21(20)2)39-32-29(31(37-39)33(3,4)5)30(23-9-7-10-24(34)16-23)42-19-28(41)38(32)18-27(40)36-17-22-12-14-25(35)15-13-22/h6-16,30H,17-19H2,1-5H3,(H,36,40)/t30-/m0/s1. The molecule has 42 heavy (non-hydrogen) atoms. The molecule has 1 N–H and O–H groups in total. The third-order valence-electron chi connectivity index (χ3n) is 7.46. The van der Waals surface area contributed by atoms with E-state index in [-0.39, 0.29) is 47.1 Å². The molecule has 5 rings (SSSR count). The van der Waals surface area contributed by atoms with Gasteiger partial charge in [-0.3, -0.25) is 14.5 Å². The van der Waals surface area contributed by atoms with E-state index in [4.69, 9.17) is 16.7 Å². The van der Waals surface area contributed by atoms with Crippen LogP contribution in [-0.2, 0) is 21.5 Å². The highest BCUT2D eigenvalue weighted by Crippen LogP contribution is 2.48. The van der Waals surface area contributed by atoms with Crippen molar-refractivity contribution in [2.75, 3.05) is 17.2 Å². The van der Waals surface area contributed by atoms with Crippen LogP contribution in [0.4, 0.5) is 10.2 Å². The second kappa shape index (κ2) is 11.9. The van der Waals surface area contributed by atoms with Crippen LogP contribution < -0.4 is 10.2 Å². The van der Waals surface area contributed by atoms with Crippen molar-refractivity contribution in [3.8, 4) is 5.69 Å². The lowest BCUT2D eigenvalue weighted by molar-refractivity contribution is -0.123. The predicted molar refractivity (Wildman–Crippen MR) is 168 cm³/mol. The molecule has 9 heteroatoms. The zero-order valence-corrected chi connectivity index (χ0v) is 25.9. The van der Waals surface area contributed by atoms with Gasteiger partial charge in [-0.25, -0.2) is 9.07 Å². The van der Waals surface area contributed by atoms with Gasteiger partial charge in [0.1, 0.15) is 18.2 Å². The van der Waals surface area contributed by atoms with Crippen LogP contribution in [0, 0.1) is 19.7 Å². The van der Waals surface area contributed by atoms with Crippen molar-refractivity contribution >= 4 is 41.0 Å². The first-order valence-corrected chi connectivity index (χ1v) is 15.2. The van der Waals surface area contributed by atoms with E-state index in [1.807, 2.05) is 61.0 Å². The maximum Gasteiger partial charge on any atom is 0.240 e. The third kappa shape index (κ3) is 6.10. The van der Waals surface area contributed by atoms with E-state index in [1.54, 1.807) is 17.0 Å². The summed E-state index contributed by atoms with van der Waals surface area (Å²) in [4.78, 5) is 28.8. The Bertz CT molecular complexity index is 1640. The second-order valence-electron chi connectivity index (χ2n) is 11.6. The van der Waals surface area contributed by atoms with Crippen LogP contribution in [0.3, 0.4) is 0 Å². The Morgan fingerprint density at radius 1 is 1.10 bits per heavy atom. The Morgan fingerprint density at radius 2 is 1.81 bits per heavy atom. The highest BCUT2D eigenvalue weighted by molar-refractivity contribution is 8.00. The monoisotopic (exact) mass is 604 g/mol. The van der Waals surface area contributed by atoms with E-state index in [9.17, 15) is 14.0 Å². The van der Waals surface area contributed by atoms with Crippen LogP contribution in [0.5, 0.6) is 0 Å². The molecule has 4 aromatic rings. The molecular weight excluding hydrogens is 571 g/mol. The van der Waals surface area contributed by atoms with E-state index in [0.717, 1.165) is 39.2 Å². The summed E-state index contributed by atoms with van der Waals surface area (Å²) < 4.78 is 15.2. The minimum absolute atomic E-state index is 0.174. The van der Waals surface area contributed by atoms with E-state index in [0.29, 0.717) is 10.8 Å². The maximum atomic E-state index is 13.9. The maximum absolute atomic E-state index is 13.9. The number of nitrogens with zero attached hydrogens (tertiary/aromatic N) is 3. The summed E-state index contributed by atoms with van der Waals surface area (Å²) >= 11 is 7.95. The van der Waals surface area contributed by atoms with Crippen molar-refractivity contribution in [2.45, 2.75) is 51.8 Å². The smallest absolute Gasteiger partial charge is 0.240 e. The number of halogens is 2. The molecule has 3 aromatic carbocycles. The molecule has 2 heterocycles. The number of thioether (sulfide) groups is 1. The van der Waals surface area contributed by atoms with Crippen LogP contribution in [0.25, 0.3) is 5.69 Å². The molecule has 0 unspecified atom stereocenters. The minimum atomic E-state index is -0.367. The van der Waals surface area contributed by atoms with E-state index in [2.05, 4.69) is 26.1 Å². The topological polar surface area (TPSA) is 67.2 Å². The van der Waals surface area contributed by atoms with Crippen molar-refractivity contribution in [3.63, 3.8) is 0 Å². The molecule has 1 aliphatic heterocycles. The molecule has 0 radical (unpaired) electrons. The molecule has 0 fully saturated rings. The number of benzene rings is 3. The van der Waals surface area contributed by atoms with Gasteiger partial charge in [-0.05, 0) is 66.4 Å². The Balaban J connectivity index is 1.66. The number of aromatic nitrogens is 2. The highest BCUT2D eigenvalue weighted by atomic mass is 35.5. The Labute approximate surface area is 255 Å². The van der Waals surface area contributed by atoms with Gasteiger partial charge in [0.15, 0.2) is 0 Å². The van der Waals surface area contributed by atoms with Gasteiger partial charge in [0.2, 0.25) is 11.8 Å². The number of aryl methyl sites for hydroxylation is 1. The molecule has 1 aliphatic rings. The number of hydrogen-bond donors (Lipinski definition) is 1. The predicted octanol–water partition coefficient (Wildman–Crippen LogP) is 7.06. The third-order valence-corrected chi connectivity index (χ3v) is 8.95. The van der Waals surface area contributed by atoms with Crippen LogP contribution >= 0.6 is 23.4 Å². The zero-order chi connectivity index (χ0) is 30.2. The van der Waals surface area contributed by atoms with Gasteiger partial charge < -0.3 is 5.32 Å². The molecule has 0 bridgehead atoms. The van der Waals surface area contributed by atoms with Crippen LogP contribution in [0.2, 0.25) is 5.02 Å². The van der Waals surface area contributed by atoms with Gasteiger partial charge in [-0.2, -0.15) is 5.10 Å². The molecule has 1 atom stereocenters. The number of carbonyl (C=O) groups excluding carboxylic acids is 2. The summed E-state index contributed by atoms with van der Waals surface area (Å²) in [6.45, 7) is 10.4. The Hall–Kier alpha value is -3.62. The van der Waals surface area contributed by atoms with E-state index in [1.165, 1.54) is 23.9 Å². The zero-order valence-electron chi connectivity index (χ0n) is 24.4. The number of carbonyl (C=O) groups is 2. The van der Waals surface area contributed by atoms with Gasteiger partial charge in [0, 0.05) is 22.5 Å². The summed E-state index contributed by atoms with van der Waals surface area (Å²) in [7, 11) is 0. The largest absolute Gasteiger partial charge is 0.350 e. The number of fused-ring (bicyclic) bond motifs is 1. The van der Waals surface area contributed by atoms with Crippen molar-refractivity contribution in [1.29, 1.82) is 0 Å². The van der Waals surface area contributed by atoms with Gasteiger partial charge >= 0.3 is 0 Å². The summed E-state index contributed by atoms with van der Waals surface area (Å²) in [5.41, 5.74) is 6.09. The molecule has 1 aromatic heterocycles. The van der Waals surface area contributed by atoms with Gasteiger partial charge in [0.05, 0.1) is 22.4 Å². The lowest BCUT2D eigenvalue weighted by Crippen LogP contribution is -2.42. The summed E-state index contributed by atoms with van der Waals surface area (Å²) in [6.07, 6.45) is 0. The summed E-state index contributed by atoms with van der Waals surface area (Å²) in [6, 6.07) is 19.7. The van der Waals surface area contributed by atoms with E-state index >= 15 is 0 Å². The van der Waals surface area contributed by atoms with Gasteiger partial charge in [-0.1, -0.05) is 68.8 Å². The Kier molecular flexibility index (Phi) is 8.49. The molecular formula is C33H34ClFN4O2S. The fourth-order valence-corrected chi connectivity index (χ4v) is 6.53. The molecule has 0 aliphatic carbocycles. The lowest BCUT2D eigenvalue weighted by Gasteiger charge is -2.25. The van der Waals surface area contributed by atoms with Crippen molar-refractivity contribution in [3.05, 3.63) is 111 Å². The van der Waals surface area contributed by atoms with Gasteiger partial charge in [-0.15, -0.1) is 11.8 Å². The van der Waals surface area contributed by atoms with Crippen molar-refractivity contribution in [1.82, 2.24) is 15.1 Å². The SMILES string of the molecule is Cc1cccc(-n2nc(C(C)(C)C)c3c2N(CC(=O)NCc2ccc(F)cc2)C(=O)CS[C@H]3c2cccc(Cl)c2)c1C. The van der Waals surface area contributed by atoms with Crippen LogP contribution in [-0.4, -0.2) is 33.9 Å². The Morgan fingerprint density at radius 3 is 2.50 bits per heavy atom. The highest BCUT2D eigenvalue weighted by Gasteiger charge is 2.40. The van der Waals surface area contributed by atoms with Crippen LogP contribution in [0.1, 0.15) is 59.5 Å². The number of rotatable bonds is 6. The molecule has 6 nitrogen and oxygen atoms in total. The quantitative estimate of drug-likeness (QED) is 0.256. The number of hydrogen-bond acceptors (Lipinski definition) is 4. The molecule has 0 saturated heterocycles. The first-order chi connectivity index (χ1) is 19.9. The van der Waals surface area contributed by atoms with Gasteiger partial charge in [0.25, 0.3) is 0 Å². The number of amides is 2. The second-order valence-corrected chi connectivity index (χ2v) is 13.1. The van der Waals surface area contributed by atoms with Crippen molar-refractivity contribution in [2.24, 2.45) is 0 Å². The first-order valence-electron chi connectivity index (χ1n) is 13.8. The molecule has 2 amide bonds. The fraction of sp³-hybridized carbons (Fsp3) is 0.303. The minimum Gasteiger partial charge on any atom is -0.350 e. The van der Waals surface area contributed by atoms with E-state index < -0.39 is 0 Å². The fourth-order valence-electron chi connectivity index (χ4n) is 5.14. The average molecular weight is 605 g/mol. The number of anilines is 1. The summed E-state index contributed by atoms with van der Waals surface area (Å²) in [5, 5.41) is 8.45. The normalized spacial score (nSPS) is 15.4. The summed E-state index contributed by atoms with van der Waals surface area (Å²) in [5.74, 6) is -0.0853. The first kappa shape index (κ1) is 29.9. The lowest BCUT2D eigenvalue weighted by atomic mass is 9.87. The molecule has 0 spiro atoms. The number of nitrogens with one attached hydrogen (secondary N) is 1. The van der Waals surface area contributed by atoms with Crippen LogP contribution in [0.15, 0.2) is 66.7 Å².